The molecule has 0 saturated heterocycles. The molecule has 4 aromatic heterocycles. The summed E-state index contributed by atoms with van der Waals surface area (Å²) in [6, 6.07) is 54.3. The van der Waals surface area contributed by atoms with Crippen LogP contribution in [0.25, 0.3) is 82.1 Å². The second-order valence-electron chi connectivity index (χ2n) is 20.9. The van der Waals surface area contributed by atoms with Crippen molar-refractivity contribution in [3.63, 3.8) is 0 Å². The highest BCUT2D eigenvalue weighted by molar-refractivity contribution is 6.22. The number of rotatable bonds is 5. The van der Waals surface area contributed by atoms with E-state index in [1.165, 1.54) is 17.7 Å². The van der Waals surface area contributed by atoms with Gasteiger partial charge in [-0.15, -0.1) is 0 Å². The minimum Gasteiger partial charge on any atom is -0.457 e. The number of pyridine rings is 2. The Labute approximate surface area is 428 Å². The summed E-state index contributed by atoms with van der Waals surface area (Å²) < 4.78 is 90.5. The van der Waals surface area contributed by atoms with Gasteiger partial charge in [-0.05, 0) is 109 Å². The van der Waals surface area contributed by atoms with Gasteiger partial charge in [-0.25, -0.2) is 4.98 Å². The Morgan fingerprint density at radius 2 is 1.13 bits per heavy atom. The van der Waals surface area contributed by atoms with Crippen LogP contribution in [0.1, 0.15) is 91.1 Å². The largest absolute Gasteiger partial charge is 0.457 e. The summed E-state index contributed by atoms with van der Waals surface area (Å²) >= 11 is 0. The summed E-state index contributed by atoms with van der Waals surface area (Å²) in [5.41, 5.74) is 3.99. The van der Waals surface area contributed by atoms with Crippen molar-refractivity contribution in [3.8, 4) is 28.4 Å². The van der Waals surface area contributed by atoms with E-state index in [1.54, 1.807) is 6.20 Å². The van der Waals surface area contributed by atoms with E-state index >= 15 is 0 Å². The standard InChI is InChI=1S/C65H59N5O/c1-63(2,3)42-29-32-67-60(36-42)70-57-30-31-66-39-56(57)53-28-27-47(38-59(53)70)71-46-18-14-17-45(37-46)68-40-69-61-48(41-33-43(64(4,5)6)35-44(34-41)65(7,8)9)23-15-24-54(61)51-21-12-10-19-49(51)50-20-11-13-22-52(50)55-25-16-26-58(68)62(55)69/h10-39H,40H2,1-9H3/i4D3,5D3,6D3. The van der Waals surface area contributed by atoms with E-state index in [0.717, 1.165) is 82.3 Å². The summed E-state index contributed by atoms with van der Waals surface area (Å²) in [6.07, 6.45) is 5.56. The highest BCUT2D eigenvalue weighted by atomic mass is 16.5. The summed E-state index contributed by atoms with van der Waals surface area (Å²) in [6.45, 7) is 2.34. The van der Waals surface area contributed by atoms with Crippen LogP contribution in [-0.2, 0) is 22.9 Å². The molecule has 6 nitrogen and oxygen atoms in total. The van der Waals surface area contributed by atoms with E-state index in [1.807, 2.05) is 99.9 Å². The number of ether oxygens (including phenoxy) is 1. The molecule has 0 unspecified atom stereocenters. The van der Waals surface area contributed by atoms with Gasteiger partial charge < -0.3 is 14.2 Å². The first kappa shape index (κ1) is 35.2. The lowest BCUT2D eigenvalue weighted by Gasteiger charge is -2.27. The molecule has 7 aromatic carbocycles. The second-order valence-corrected chi connectivity index (χ2v) is 20.9. The zero-order valence-electron chi connectivity index (χ0n) is 49.7. The molecule has 0 N–H and O–H groups in total. The maximum Gasteiger partial charge on any atom is 0.137 e. The molecule has 0 spiro atoms. The fourth-order valence-corrected chi connectivity index (χ4v) is 10.6. The van der Waals surface area contributed by atoms with Crippen LogP contribution >= 0.6 is 0 Å². The zero-order valence-corrected chi connectivity index (χ0v) is 40.7. The number of nitrogens with zero attached hydrogens (tertiary/aromatic N) is 5. The molecule has 5 heterocycles. The number of hydrogen-bond acceptors (Lipinski definition) is 4. The Morgan fingerprint density at radius 1 is 0.493 bits per heavy atom. The Balaban J connectivity index is 1.08. The minimum absolute atomic E-state index is 0.0899. The van der Waals surface area contributed by atoms with Crippen LogP contribution in [0.15, 0.2) is 182 Å². The topological polar surface area (TPSA) is 48.1 Å². The molecule has 0 saturated carbocycles. The first-order valence-electron chi connectivity index (χ1n) is 28.6. The van der Waals surface area contributed by atoms with E-state index in [9.17, 15) is 0 Å². The molecule has 0 bridgehead atoms. The first-order valence-corrected chi connectivity index (χ1v) is 24.1. The van der Waals surface area contributed by atoms with Crippen LogP contribution in [0.3, 0.4) is 0 Å². The van der Waals surface area contributed by atoms with Crippen LogP contribution in [0.5, 0.6) is 11.5 Å². The van der Waals surface area contributed by atoms with Gasteiger partial charge in [0, 0.05) is 75.9 Å². The molecular weight excluding hydrogens is 867 g/mol. The molecule has 0 radical (unpaired) electrons. The molecule has 0 atom stereocenters. The van der Waals surface area contributed by atoms with Gasteiger partial charge in [0.25, 0.3) is 0 Å². The van der Waals surface area contributed by atoms with Crippen LogP contribution in [0.2, 0.25) is 0 Å². The molecule has 6 heteroatoms. The average molecular weight is 935 g/mol. The van der Waals surface area contributed by atoms with E-state index < -0.39 is 31.4 Å². The van der Waals surface area contributed by atoms with Gasteiger partial charge in [0.05, 0.1) is 27.8 Å². The number of aromatic nitrogens is 4. The molecular formula is C65H59N5O. The molecule has 1 aliphatic rings. The van der Waals surface area contributed by atoms with Crippen molar-refractivity contribution < 1.29 is 17.1 Å². The molecule has 11 aromatic rings. The third kappa shape index (κ3) is 7.56. The number of benzene rings is 7. The molecule has 12 rings (SSSR count). The Kier molecular flexibility index (Phi) is 8.08. The van der Waals surface area contributed by atoms with Crippen molar-refractivity contribution in [3.05, 3.63) is 199 Å². The van der Waals surface area contributed by atoms with Gasteiger partial charge in [-0.2, -0.15) is 0 Å². The normalized spacial score (nSPS) is 15.5. The molecule has 0 fully saturated rings. The van der Waals surface area contributed by atoms with Crippen molar-refractivity contribution >= 4 is 76.5 Å². The van der Waals surface area contributed by atoms with Crippen molar-refractivity contribution in [2.24, 2.45) is 0 Å². The maximum atomic E-state index is 8.80. The van der Waals surface area contributed by atoms with Crippen molar-refractivity contribution in [1.82, 2.24) is 19.1 Å². The molecule has 1 aliphatic heterocycles. The van der Waals surface area contributed by atoms with E-state index in [-0.39, 0.29) is 11.0 Å². The second kappa shape index (κ2) is 16.3. The van der Waals surface area contributed by atoms with Crippen molar-refractivity contribution in [2.75, 3.05) is 4.90 Å². The summed E-state index contributed by atoms with van der Waals surface area (Å²) in [7, 11) is 0. The Bertz CT molecular complexity index is 4350. The lowest BCUT2D eigenvalue weighted by molar-refractivity contribution is 0.483. The number of fused-ring (bicyclic) bond motifs is 10. The van der Waals surface area contributed by atoms with E-state index in [4.69, 9.17) is 22.1 Å². The monoisotopic (exact) mass is 935 g/mol. The third-order valence-corrected chi connectivity index (χ3v) is 14.2. The van der Waals surface area contributed by atoms with Crippen LogP contribution < -0.4 is 9.64 Å². The summed E-state index contributed by atoms with van der Waals surface area (Å²) in [5.74, 6) is 2.05. The fraction of sp³-hybridized carbons (Fsp3) is 0.200. The van der Waals surface area contributed by atoms with Gasteiger partial charge in [-0.3, -0.25) is 9.55 Å². The van der Waals surface area contributed by atoms with E-state index in [2.05, 4.69) is 125 Å². The van der Waals surface area contributed by atoms with Crippen molar-refractivity contribution in [1.29, 1.82) is 0 Å². The summed E-state index contributed by atoms with van der Waals surface area (Å²) in [4.78, 5) is 11.6. The Hall–Kier alpha value is -7.96. The van der Waals surface area contributed by atoms with Crippen molar-refractivity contribution in [2.45, 2.75) is 85.0 Å². The average Bonchev–Trinajstić information content (AvgIpc) is 3.97. The van der Waals surface area contributed by atoms with Gasteiger partial charge in [0.2, 0.25) is 0 Å². The highest BCUT2D eigenvalue weighted by Gasteiger charge is 2.27. The summed E-state index contributed by atoms with van der Waals surface area (Å²) in [5, 5.41) is 7.87. The van der Waals surface area contributed by atoms with Crippen LogP contribution in [0, 0.1) is 0 Å². The predicted molar refractivity (Wildman–Crippen MR) is 299 cm³/mol. The minimum atomic E-state index is -3.46. The smallest absolute Gasteiger partial charge is 0.137 e. The lowest BCUT2D eigenvalue weighted by Crippen LogP contribution is -2.17. The first-order chi connectivity index (χ1) is 37.8. The van der Waals surface area contributed by atoms with Crippen LogP contribution in [-0.4, -0.2) is 19.1 Å². The Morgan fingerprint density at radius 3 is 1.83 bits per heavy atom. The molecule has 350 valence electrons. The number of hydrogen-bond donors (Lipinski definition) is 0. The quantitative estimate of drug-likeness (QED) is 0.173. The van der Waals surface area contributed by atoms with Gasteiger partial charge in [0.1, 0.15) is 24.0 Å². The van der Waals surface area contributed by atoms with Gasteiger partial charge >= 0.3 is 0 Å². The maximum absolute atomic E-state index is 8.80. The zero-order chi connectivity index (χ0) is 56.5. The fourth-order valence-electron chi connectivity index (χ4n) is 10.6. The van der Waals surface area contributed by atoms with Crippen LogP contribution in [0.4, 0.5) is 11.4 Å². The molecule has 71 heavy (non-hydrogen) atoms. The van der Waals surface area contributed by atoms with Gasteiger partial charge in [0.15, 0.2) is 0 Å². The number of anilines is 2. The molecule has 0 aliphatic carbocycles. The SMILES string of the molecule is [2H]C([2H])([2H])C(c1cc(-c2cccc3c4ccccc4c4ccccc4c4cccc5c4n(c23)CN5c2cccc(Oc3ccc4c5cnccc5n(-c5cc(C(C)(C)C)ccn5)c4c3)c2)cc(C(C)(C)C)c1)(C([2H])([2H])[2H])C([2H])([2H])[2H]. The van der Waals surface area contributed by atoms with E-state index in [0.29, 0.717) is 34.9 Å². The molecule has 0 amide bonds. The third-order valence-electron chi connectivity index (χ3n) is 14.2. The van der Waals surface area contributed by atoms with Gasteiger partial charge in [-0.1, -0.05) is 165 Å². The lowest BCUT2D eigenvalue weighted by atomic mass is 9.78. The highest BCUT2D eigenvalue weighted by Crippen LogP contribution is 2.46. The number of para-hydroxylation sites is 2. The predicted octanol–water partition coefficient (Wildman–Crippen LogP) is 17.6.